The molecule has 2 rings (SSSR count). The maximum Gasteiger partial charge on any atom is 0.513 e. The monoisotopic (exact) mass is 300 g/mol. The number of hydrogen-bond donors (Lipinski definition) is 0. The lowest BCUT2D eigenvalue weighted by atomic mass is 10.2. The molecular formula is C18H20O4. The quantitative estimate of drug-likeness (QED) is 0.584. The Morgan fingerprint density at radius 1 is 0.955 bits per heavy atom. The largest absolute Gasteiger partial charge is 0.513 e. The molecule has 0 saturated carbocycles. The maximum atomic E-state index is 11.4. The minimum Gasteiger partial charge on any atom is -0.489 e. The second kappa shape index (κ2) is 8.08. The number of rotatable bonds is 6. The molecule has 0 aliphatic rings. The first-order valence-electron chi connectivity index (χ1n) is 7.25. The minimum absolute atomic E-state index is 0.279. The average molecular weight is 300 g/mol. The van der Waals surface area contributed by atoms with Crippen LogP contribution in [0.15, 0.2) is 54.6 Å². The molecule has 0 fully saturated rings. The van der Waals surface area contributed by atoms with Gasteiger partial charge in [0.1, 0.15) is 18.1 Å². The maximum absolute atomic E-state index is 11.4. The van der Waals surface area contributed by atoms with Crippen LogP contribution in [0.5, 0.6) is 11.5 Å². The lowest BCUT2D eigenvalue weighted by molar-refractivity contribution is 0.0885. The highest BCUT2D eigenvalue weighted by atomic mass is 16.7. The molecule has 4 nitrogen and oxygen atoms in total. The van der Waals surface area contributed by atoms with E-state index in [9.17, 15) is 4.79 Å². The van der Waals surface area contributed by atoms with Gasteiger partial charge in [0.2, 0.25) is 0 Å². The van der Waals surface area contributed by atoms with Crippen molar-refractivity contribution in [3.63, 3.8) is 0 Å². The summed E-state index contributed by atoms with van der Waals surface area (Å²) in [4.78, 5) is 11.4. The molecule has 0 saturated heterocycles. The summed E-state index contributed by atoms with van der Waals surface area (Å²) in [5.74, 6) is 1.42. The highest BCUT2D eigenvalue weighted by Crippen LogP contribution is 2.19. The summed E-state index contributed by atoms with van der Waals surface area (Å²) < 4.78 is 15.7. The zero-order valence-corrected chi connectivity index (χ0v) is 12.8. The van der Waals surface area contributed by atoms with Crippen LogP contribution >= 0.6 is 0 Å². The van der Waals surface area contributed by atoms with Crippen LogP contribution in [-0.2, 0) is 11.3 Å². The number of hydrogen-bond acceptors (Lipinski definition) is 4. The van der Waals surface area contributed by atoms with Crippen molar-refractivity contribution in [2.75, 3.05) is 6.61 Å². The van der Waals surface area contributed by atoms with Crippen molar-refractivity contribution < 1.29 is 19.0 Å². The molecule has 0 aromatic heterocycles. The van der Waals surface area contributed by atoms with Crippen molar-refractivity contribution >= 4 is 6.16 Å². The van der Waals surface area contributed by atoms with Crippen LogP contribution < -0.4 is 9.47 Å². The zero-order valence-electron chi connectivity index (χ0n) is 12.8. The van der Waals surface area contributed by atoms with Crippen molar-refractivity contribution in [2.24, 2.45) is 5.92 Å². The normalized spacial score (nSPS) is 10.3. The molecule has 4 heteroatoms. The summed E-state index contributed by atoms with van der Waals surface area (Å²) in [6.45, 7) is 4.77. The van der Waals surface area contributed by atoms with Crippen LogP contribution in [0.3, 0.4) is 0 Å². The molecule has 0 aliphatic heterocycles. The molecule has 116 valence electrons. The van der Waals surface area contributed by atoms with Crippen LogP contribution in [0.2, 0.25) is 0 Å². The summed E-state index contributed by atoms with van der Waals surface area (Å²) in [7, 11) is 0. The van der Waals surface area contributed by atoms with Crippen molar-refractivity contribution in [1.82, 2.24) is 0 Å². The van der Waals surface area contributed by atoms with Crippen molar-refractivity contribution in [2.45, 2.75) is 20.5 Å². The SMILES string of the molecule is CC(C)COC(=O)Oc1ccc(OCc2ccccc2)cc1. The first-order chi connectivity index (χ1) is 10.6. The van der Waals surface area contributed by atoms with Gasteiger partial charge in [-0.3, -0.25) is 0 Å². The molecule has 2 aromatic rings. The molecule has 0 bridgehead atoms. The van der Waals surface area contributed by atoms with E-state index in [2.05, 4.69) is 0 Å². The summed E-state index contributed by atoms with van der Waals surface area (Å²) >= 11 is 0. The van der Waals surface area contributed by atoms with E-state index in [0.29, 0.717) is 24.7 Å². The van der Waals surface area contributed by atoms with Gasteiger partial charge in [0.25, 0.3) is 0 Å². The lowest BCUT2D eigenvalue weighted by Crippen LogP contribution is -2.14. The summed E-state index contributed by atoms with van der Waals surface area (Å²) in [6, 6.07) is 16.8. The van der Waals surface area contributed by atoms with E-state index in [-0.39, 0.29) is 5.92 Å². The Morgan fingerprint density at radius 2 is 1.59 bits per heavy atom. The number of carbonyl (C=O) groups is 1. The fourth-order valence-electron chi connectivity index (χ4n) is 1.71. The van der Waals surface area contributed by atoms with Gasteiger partial charge in [-0.05, 0) is 35.7 Å². The third-order valence-corrected chi connectivity index (χ3v) is 2.81. The van der Waals surface area contributed by atoms with E-state index in [1.807, 2.05) is 44.2 Å². The molecule has 0 atom stereocenters. The Bertz CT molecular complexity index is 576. The van der Waals surface area contributed by atoms with E-state index < -0.39 is 6.16 Å². The lowest BCUT2D eigenvalue weighted by Gasteiger charge is -2.09. The molecule has 0 spiro atoms. The van der Waals surface area contributed by atoms with Gasteiger partial charge < -0.3 is 14.2 Å². The van der Waals surface area contributed by atoms with Crippen molar-refractivity contribution in [3.8, 4) is 11.5 Å². The first-order valence-corrected chi connectivity index (χ1v) is 7.25. The van der Waals surface area contributed by atoms with Gasteiger partial charge >= 0.3 is 6.16 Å². The highest BCUT2D eigenvalue weighted by Gasteiger charge is 2.07. The Kier molecular flexibility index (Phi) is 5.83. The Morgan fingerprint density at radius 3 is 2.23 bits per heavy atom. The first kappa shape index (κ1) is 15.9. The fourth-order valence-corrected chi connectivity index (χ4v) is 1.71. The average Bonchev–Trinajstić information content (AvgIpc) is 2.53. The van der Waals surface area contributed by atoms with Crippen LogP contribution in [-0.4, -0.2) is 12.8 Å². The summed E-state index contributed by atoms with van der Waals surface area (Å²) in [6.07, 6.45) is -0.688. The predicted molar refractivity (Wildman–Crippen MR) is 84.0 cm³/mol. The summed E-state index contributed by atoms with van der Waals surface area (Å²) in [5, 5.41) is 0. The zero-order chi connectivity index (χ0) is 15.8. The van der Waals surface area contributed by atoms with Crippen LogP contribution in [0.1, 0.15) is 19.4 Å². The van der Waals surface area contributed by atoms with Gasteiger partial charge in [-0.25, -0.2) is 4.79 Å². The van der Waals surface area contributed by atoms with Gasteiger partial charge in [-0.15, -0.1) is 0 Å². The molecule has 0 radical (unpaired) electrons. The smallest absolute Gasteiger partial charge is 0.489 e. The van der Waals surface area contributed by atoms with Gasteiger partial charge in [-0.2, -0.15) is 0 Å². The van der Waals surface area contributed by atoms with Gasteiger partial charge in [0.15, 0.2) is 0 Å². The molecule has 0 amide bonds. The third-order valence-electron chi connectivity index (χ3n) is 2.81. The number of benzene rings is 2. The standard InChI is InChI=1S/C18H20O4/c1-14(2)12-21-18(19)22-17-10-8-16(9-11-17)20-13-15-6-4-3-5-7-15/h3-11,14H,12-13H2,1-2H3. The molecule has 0 unspecified atom stereocenters. The molecule has 0 N–H and O–H groups in total. The van der Waals surface area contributed by atoms with E-state index >= 15 is 0 Å². The topological polar surface area (TPSA) is 44.8 Å². The fraction of sp³-hybridized carbons (Fsp3) is 0.278. The second-order valence-electron chi connectivity index (χ2n) is 5.30. The summed E-state index contributed by atoms with van der Waals surface area (Å²) in [5.41, 5.74) is 1.10. The van der Waals surface area contributed by atoms with Gasteiger partial charge in [0.05, 0.1) is 6.61 Å². The minimum atomic E-state index is -0.688. The molecular weight excluding hydrogens is 280 g/mol. The molecule has 2 aromatic carbocycles. The number of carbonyl (C=O) groups excluding carboxylic acids is 1. The predicted octanol–water partition coefficient (Wildman–Crippen LogP) is 4.44. The van der Waals surface area contributed by atoms with Gasteiger partial charge in [0, 0.05) is 0 Å². The highest BCUT2D eigenvalue weighted by molar-refractivity contribution is 5.63. The Hall–Kier alpha value is -2.49. The second-order valence-corrected chi connectivity index (χ2v) is 5.30. The van der Waals surface area contributed by atoms with Gasteiger partial charge in [-0.1, -0.05) is 44.2 Å². The third kappa shape index (κ3) is 5.48. The molecule has 22 heavy (non-hydrogen) atoms. The van der Waals surface area contributed by atoms with Crippen molar-refractivity contribution in [3.05, 3.63) is 60.2 Å². The van der Waals surface area contributed by atoms with Crippen LogP contribution in [0, 0.1) is 5.92 Å². The molecule has 0 heterocycles. The van der Waals surface area contributed by atoms with Crippen LogP contribution in [0.4, 0.5) is 4.79 Å². The van der Waals surface area contributed by atoms with Crippen molar-refractivity contribution in [1.29, 1.82) is 0 Å². The molecule has 0 aliphatic carbocycles. The van der Waals surface area contributed by atoms with E-state index in [1.54, 1.807) is 24.3 Å². The van der Waals surface area contributed by atoms with E-state index in [0.717, 1.165) is 5.56 Å². The van der Waals surface area contributed by atoms with E-state index in [1.165, 1.54) is 0 Å². The Labute approximate surface area is 130 Å². The van der Waals surface area contributed by atoms with E-state index in [4.69, 9.17) is 14.2 Å². The Balaban J connectivity index is 1.81. The number of ether oxygens (including phenoxy) is 3. The van der Waals surface area contributed by atoms with Crippen LogP contribution in [0.25, 0.3) is 0 Å².